The van der Waals surface area contributed by atoms with Gasteiger partial charge in [0.05, 0.1) is 26.9 Å². The number of anilines is 1. The summed E-state index contributed by atoms with van der Waals surface area (Å²) in [5.41, 5.74) is 7.28. The third-order valence-corrected chi connectivity index (χ3v) is 3.20. The van der Waals surface area contributed by atoms with Gasteiger partial charge >= 0.3 is 29.6 Å². The fourth-order valence-electron chi connectivity index (χ4n) is 1.95. The van der Waals surface area contributed by atoms with Gasteiger partial charge in [-0.05, 0) is 19.1 Å². The van der Waals surface area contributed by atoms with Crippen molar-refractivity contribution >= 4 is 28.0 Å². The van der Waals surface area contributed by atoms with E-state index in [-0.39, 0.29) is 40.9 Å². The first-order valence-corrected chi connectivity index (χ1v) is 6.84. The second kappa shape index (κ2) is 11.5. The molecule has 13 heteroatoms. The van der Waals surface area contributed by atoms with Crippen molar-refractivity contribution in [3.8, 4) is 0 Å². The van der Waals surface area contributed by atoms with Crippen LogP contribution in [0.3, 0.4) is 0 Å². The number of nitrogens with one attached hydrogen (secondary N) is 1. The van der Waals surface area contributed by atoms with Crippen LogP contribution in [-0.4, -0.2) is 20.0 Å². The van der Waals surface area contributed by atoms with Crippen LogP contribution >= 0.6 is 0 Å². The van der Waals surface area contributed by atoms with E-state index in [0.29, 0.717) is 22.2 Å². The Morgan fingerprint density at radius 3 is 2.11 bits per heavy atom. The quantitative estimate of drug-likeness (QED) is 0.206. The molecule has 27 heavy (non-hydrogen) atoms. The van der Waals surface area contributed by atoms with Gasteiger partial charge in [0, 0.05) is 23.4 Å². The molecule has 0 atom stereocenters. The summed E-state index contributed by atoms with van der Waals surface area (Å²) in [5, 5.41) is 36.7. The van der Waals surface area contributed by atoms with E-state index in [1.165, 1.54) is 18.3 Å². The molecule has 1 heterocycles. The number of fused-ring (bicyclic) bond motifs is 1. The van der Waals surface area contributed by atoms with Crippen molar-refractivity contribution < 1.29 is 39.4 Å². The zero-order chi connectivity index (χ0) is 19.7. The standard InChI is InChI=1S/C7H5N3O2.C7H8N2O2.HNO2.Na/c11-10(12)7-3-1-2-6-5(7)4-8-9-6;1-5-6(8)3-2-4-7(5)9(10)11;2-1-3;/h1-4H,(H,8,9);2-4H,8H2,1H3;(H,2,3);/q;;;+1/p-1. The van der Waals surface area contributed by atoms with Gasteiger partial charge in [-0.25, -0.2) is 0 Å². The van der Waals surface area contributed by atoms with Crippen molar-refractivity contribution in [2.45, 2.75) is 6.92 Å². The summed E-state index contributed by atoms with van der Waals surface area (Å²) >= 11 is 0. The molecule has 12 nitrogen and oxygen atoms in total. The first-order chi connectivity index (χ1) is 12.3. The van der Waals surface area contributed by atoms with Crippen LogP contribution in [0.15, 0.2) is 47.9 Å². The zero-order valence-corrected chi connectivity index (χ0v) is 16.4. The normalized spacial score (nSPS) is 8.93. The molecule has 1 aromatic heterocycles. The molecule has 0 aliphatic rings. The van der Waals surface area contributed by atoms with Gasteiger partial charge in [-0.3, -0.25) is 25.3 Å². The molecule has 0 spiro atoms. The number of benzene rings is 2. The number of aromatic nitrogens is 2. The number of nitro benzene ring substituents is 2. The van der Waals surface area contributed by atoms with Crippen molar-refractivity contribution in [2.24, 2.45) is 5.34 Å². The van der Waals surface area contributed by atoms with Gasteiger partial charge in [-0.15, -0.1) is 5.34 Å². The third kappa shape index (κ3) is 6.62. The van der Waals surface area contributed by atoms with Gasteiger partial charge < -0.3 is 15.8 Å². The molecule has 0 saturated carbocycles. The van der Waals surface area contributed by atoms with E-state index >= 15 is 0 Å². The van der Waals surface area contributed by atoms with Crippen LogP contribution in [0.4, 0.5) is 17.1 Å². The molecule has 0 unspecified atom stereocenters. The Bertz CT molecular complexity index is 931. The van der Waals surface area contributed by atoms with Gasteiger partial charge in [0.1, 0.15) is 0 Å². The van der Waals surface area contributed by atoms with Crippen LogP contribution in [0, 0.1) is 37.3 Å². The number of rotatable bonds is 2. The first-order valence-electron chi connectivity index (χ1n) is 6.84. The Balaban J connectivity index is 0.000000426. The van der Waals surface area contributed by atoms with Gasteiger partial charge in [-0.2, -0.15) is 5.10 Å². The maximum absolute atomic E-state index is 10.5. The summed E-state index contributed by atoms with van der Waals surface area (Å²) in [6.07, 6.45) is 1.45. The van der Waals surface area contributed by atoms with E-state index in [4.69, 9.17) is 15.8 Å². The molecule has 0 radical (unpaired) electrons. The van der Waals surface area contributed by atoms with Gasteiger partial charge in [0.2, 0.25) is 0 Å². The molecule has 0 aliphatic carbocycles. The average Bonchev–Trinajstić information content (AvgIpc) is 3.06. The summed E-state index contributed by atoms with van der Waals surface area (Å²) in [6, 6.07) is 9.47. The van der Waals surface area contributed by atoms with Crippen LogP contribution in [0.25, 0.3) is 10.9 Å². The van der Waals surface area contributed by atoms with Gasteiger partial charge in [0.25, 0.3) is 11.4 Å². The predicted molar refractivity (Wildman–Crippen MR) is 94.2 cm³/mol. The molecule has 0 bridgehead atoms. The number of aromatic amines is 1. The number of nitrogen functional groups attached to an aromatic ring is 1. The third-order valence-electron chi connectivity index (χ3n) is 3.20. The number of hydrogen-bond donors (Lipinski definition) is 2. The number of hydrogen-bond acceptors (Lipinski definition) is 9. The fraction of sp³-hybridized carbons (Fsp3) is 0.0714. The smallest absolute Gasteiger partial charge is 0.444 e. The molecular formula is C14H13N6NaO6. The van der Waals surface area contributed by atoms with E-state index in [0.717, 1.165) is 5.34 Å². The van der Waals surface area contributed by atoms with Crippen LogP contribution in [0.5, 0.6) is 0 Å². The average molecular weight is 384 g/mol. The Morgan fingerprint density at radius 1 is 1.07 bits per heavy atom. The molecule has 0 saturated heterocycles. The van der Waals surface area contributed by atoms with Crippen molar-refractivity contribution in [3.63, 3.8) is 0 Å². The topological polar surface area (TPSA) is 193 Å². The number of non-ortho nitro benzene ring substituents is 1. The molecule has 0 fully saturated rings. The minimum absolute atomic E-state index is 0. The summed E-state index contributed by atoms with van der Waals surface area (Å²) < 4.78 is 0. The van der Waals surface area contributed by atoms with E-state index in [9.17, 15) is 20.2 Å². The van der Waals surface area contributed by atoms with Gasteiger partial charge in [-0.1, -0.05) is 12.1 Å². The number of nitro groups is 2. The summed E-state index contributed by atoms with van der Waals surface area (Å²) in [5.74, 6) is 0. The van der Waals surface area contributed by atoms with E-state index in [1.54, 1.807) is 31.2 Å². The molecule has 136 valence electrons. The SMILES string of the molecule is Cc1c(N)cccc1[N+](=O)[O-].O=N[O-].O=[N+]([O-])c1cccc2[nH]ncc12.[Na+]. The molecule has 2 aromatic carbocycles. The fourth-order valence-corrected chi connectivity index (χ4v) is 1.95. The Hall–Kier alpha value is -3.09. The Labute approximate surface area is 173 Å². The minimum Gasteiger partial charge on any atom is -0.444 e. The van der Waals surface area contributed by atoms with Crippen molar-refractivity contribution in [3.05, 3.63) is 78.5 Å². The monoisotopic (exact) mass is 384 g/mol. The van der Waals surface area contributed by atoms with E-state index in [1.807, 2.05) is 0 Å². The zero-order valence-electron chi connectivity index (χ0n) is 14.4. The summed E-state index contributed by atoms with van der Waals surface area (Å²) in [6.45, 7) is 1.63. The predicted octanol–water partition coefficient (Wildman–Crippen LogP) is 0.211. The summed E-state index contributed by atoms with van der Waals surface area (Å²) in [4.78, 5) is 27.9. The van der Waals surface area contributed by atoms with Crippen LogP contribution < -0.4 is 35.3 Å². The molecular weight excluding hydrogens is 371 g/mol. The second-order valence-corrected chi connectivity index (χ2v) is 4.69. The molecule has 3 rings (SSSR count). The van der Waals surface area contributed by atoms with Gasteiger partial charge in [0.15, 0.2) is 0 Å². The first kappa shape index (κ1) is 23.9. The van der Waals surface area contributed by atoms with Crippen LogP contribution in [0.2, 0.25) is 0 Å². The second-order valence-electron chi connectivity index (χ2n) is 4.69. The molecule has 0 aliphatic heterocycles. The summed E-state index contributed by atoms with van der Waals surface area (Å²) in [7, 11) is 0. The number of nitrogens with two attached hydrogens (primary N) is 1. The Kier molecular flexibility index (Phi) is 10.2. The minimum atomic E-state index is -0.439. The molecule has 0 amide bonds. The largest absolute Gasteiger partial charge is 1.00 e. The van der Waals surface area contributed by atoms with E-state index in [2.05, 4.69) is 10.2 Å². The number of nitrogens with zero attached hydrogens (tertiary/aromatic N) is 4. The molecule has 3 N–H and O–H groups in total. The maximum atomic E-state index is 10.5. The van der Waals surface area contributed by atoms with Crippen molar-refractivity contribution in [1.29, 1.82) is 0 Å². The van der Waals surface area contributed by atoms with Crippen molar-refractivity contribution in [2.75, 3.05) is 5.73 Å². The Morgan fingerprint density at radius 2 is 1.59 bits per heavy atom. The molecule has 3 aromatic rings. The van der Waals surface area contributed by atoms with Crippen LogP contribution in [-0.2, 0) is 0 Å². The van der Waals surface area contributed by atoms with E-state index < -0.39 is 9.85 Å². The van der Waals surface area contributed by atoms with Crippen molar-refractivity contribution in [1.82, 2.24) is 10.2 Å². The number of H-pyrrole nitrogens is 1. The maximum Gasteiger partial charge on any atom is 1.00 e. The van der Waals surface area contributed by atoms with Crippen LogP contribution in [0.1, 0.15) is 5.56 Å².